The molecule has 0 spiro atoms. The van der Waals surface area contributed by atoms with Crippen LogP contribution in [-0.4, -0.2) is 11.3 Å². The van der Waals surface area contributed by atoms with Crippen molar-refractivity contribution < 1.29 is 22.7 Å². The molecule has 15 heavy (non-hydrogen) atoms. The zero-order chi connectivity index (χ0) is 11.9. The number of rotatable bonds is 1. The van der Waals surface area contributed by atoms with Crippen molar-refractivity contribution in [3.8, 4) is 0 Å². The quantitative estimate of drug-likeness (QED) is 0.750. The molecule has 1 aromatic carbocycles. The first-order chi connectivity index (χ1) is 6.66. The Balaban J connectivity index is 3.22. The molecule has 1 aromatic rings. The fourth-order valence-electron chi connectivity index (χ4n) is 0.963. The van der Waals surface area contributed by atoms with Gasteiger partial charge < -0.3 is 5.11 Å². The summed E-state index contributed by atoms with van der Waals surface area (Å²) in [7, 11) is 0. The molecule has 0 aliphatic heterocycles. The average Bonchev–Trinajstić information content (AvgIpc) is 2.07. The monoisotopic (exact) mass is 242 g/mol. The maximum atomic E-state index is 12.9. The molecular formula is C9H7ClF4O. The second kappa shape index (κ2) is 3.64. The molecule has 1 nitrogen and oxygen atoms in total. The van der Waals surface area contributed by atoms with E-state index in [0.717, 1.165) is 12.1 Å². The van der Waals surface area contributed by atoms with Crippen molar-refractivity contribution in [1.29, 1.82) is 0 Å². The number of alkyl halides is 3. The van der Waals surface area contributed by atoms with E-state index >= 15 is 0 Å². The Morgan fingerprint density at radius 2 is 1.80 bits per heavy atom. The first-order valence-corrected chi connectivity index (χ1v) is 4.28. The minimum Gasteiger partial charge on any atom is -0.376 e. The van der Waals surface area contributed by atoms with Gasteiger partial charge in [0.25, 0.3) is 0 Å². The average molecular weight is 243 g/mol. The zero-order valence-corrected chi connectivity index (χ0v) is 8.33. The van der Waals surface area contributed by atoms with Gasteiger partial charge in [0, 0.05) is 0 Å². The standard InChI is InChI=1S/C9H7ClF4O/c1-8(15,9(12,13)14)5-2-3-6(10)7(11)4-5/h2-4,15H,1H3. The minimum absolute atomic E-state index is 0.295. The van der Waals surface area contributed by atoms with Crippen molar-refractivity contribution in [2.45, 2.75) is 18.7 Å². The van der Waals surface area contributed by atoms with Crippen LogP contribution in [0.3, 0.4) is 0 Å². The van der Waals surface area contributed by atoms with Crippen molar-refractivity contribution in [3.05, 3.63) is 34.6 Å². The molecule has 1 unspecified atom stereocenters. The van der Waals surface area contributed by atoms with Gasteiger partial charge >= 0.3 is 6.18 Å². The lowest BCUT2D eigenvalue weighted by molar-refractivity contribution is -0.258. The first-order valence-electron chi connectivity index (χ1n) is 3.91. The summed E-state index contributed by atoms with van der Waals surface area (Å²) in [4.78, 5) is 0. The highest BCUT2D eigenvalue weighted by Gasteiger charge is 2.51. The first kappa shape index (κ1) is 12.3. The highest BCUT2D eigenvalue weighted by molar-refractivity contribution is 6.30. The molecule has 0 fully saturated rings. The molecule has 1 atom stereocenters. The van der Waals surface area contributed by atoms with Gasteiger partial charge in [0.1, 0.15) is 5.82 Å². The third-order valence-corrected chi connectivity index (χ3v) is 2.34. The maximum absolute atomic E-state index is 12.9. The van der Waals surface area contributed by atoms with E-state index in [1.54, 1.807) is 0 Å². The molecule has 0 saturated heterocycles. The highest BCUT2D eigenvalue weighted by Crippen LogP contribution is 2.39. The Labute approximate surface area is 88.3 Å². The highest BCUT2D eigenvalue weighted by atomic mass is 35.5. The number of aliphatic hydroxyl groups is 1. The summed E-state index contributed by atoms with van der Waals surface area (Å²) in [6.45, 7) is 0.551. The number of halogens is 5. The molecule has 0 aliphatic carbocycles. The van der Waals surface area contributed by atoms with Crippen LogP contribution in [0.15, 0.2) is 18.2 Å². The number of hydrogen-bond donors (Lipinski definition) is 1. The molecular weight excluding hydrogens is 236 g/mol. The molecule has 0 radical (unpaired) electrons. The summed E-state index contributed by atoms with van der Waals surface area (Å²) in [5.74, 6) is -1.00. The van der Waals surface area contributed by atoms with Gasteiger partial charge in [-0.3, -0.25) is 0 Å². The van der Waals surface area contributed by atoms with Gasteiger partial charge in [-0.1, -0.05) is 17.7 Å². The van der Waals surface area contributed by atoms with E-state index in [0.29, 0.717) is 13.0 Å². The molecule has 0 saturated carbocycles. The Kier molecular flexibility index (Phi) is 2.98. The van der Waals surface area contributed by atoms with E-state index in [1.807, 2.05) is 0 Å². The van der Waals surface area contributed by atoms with Crippen molar-refractivity contribution in [3.63, 3.8) is 0 Å². The fourth-order valence-corrected chi connectivity index (χ4v) is 1.08. The van der Waals surface area contributed by atoms with Gasteiger partial charge in [0.2, 0.25) is 0 Å². The van der Waals surface area contributed by atoms with E-state index in [4.69, 9.17) is 11.6 Å². The van der Waals surface area contributed by atoms with Crippen LogP contribution >= 0.6 is 11.6 Å². The SMILES string of the molecule is CC(O)(c1ccc(Cl)c(F)c1)C(F)(F)F. The molecule has 6 heteroatoms. The summed E-state index contributed by atoms with van der Waals surface area (Å²) in [5, 5.41) is 8.91. The number of hydrogen-bond acceptors (Lipinski definition) is 1. The normalized spacial score (nSPS) is 16.2. The van der Waals surface area contributed by atoms with Gasteiger partial charge in [-0.05, 0) is 24.6 Å². The molecule has 84 valence electrons. The van der Waals surface area contributed by atoms with E-state index in [9.17, 15) is 22.7 Å². The van der Waals surface area contributed by atoms with Gasteiger partial charge in [-0.15, -0.1) is 0 Å². The summed E-state index contributed by atoms with van der Waals surface area (Å²) >= 11 is 5.31. The van der Waals surface area contributed by atoms with E-state index in [-0.39, 0.29) is 5.02 Å². The lowest BCUT2D eigenvalue weighted by Gasteiger charge is -2.26. The van der Waals surface area contributed by atoms with E-state index in [1.165, 1.54) is 0 Å². The Bertz CT molecular complexity index is 373. The van der Waals surface area contributed by atoms with E-state index in [2.05, 4.69) is 0 Å². The third-order valence-electron chi connectivity index (χ3n) is 2.03. The Morgan fingerprint density at radius 3 is 2.20 bits per heavy atom. The second-order valence-electron chi connectivity index (χ2n) is 3.20. The molecule has 1 N–H and O–H groups in total. The van der Waals surface area contributed by atoms with Gasteiger partial charge in [0.05, 0.1) is 5.02 Å². The summed E-state index contributed by atoms with van der Waals surface area (Å²) in [6.07, 6.45) is -4.87. The van der Waals surface area contributed by atoms with Crippen LogP contribution in [0, 0.1) is 5.82 Å². The summed E-state index contributed by atoms with van der Waals surface area (Å²) in [6, 6.07) is 2.46. The van der Waals surface area contributed by atoms with Crippen molar-refractivity contribution >= 4 is 11.6 Å². The molecule has 0 aliphatic rings. The minimum atomic E-state index is -4.87. The largest absolute Gasteiger partial charge is 0.421 e. The van der Waals surface area contributed by atoms with Crippen molar-refractivity contribution in [1.82, 2.24) is 0 Å². The Morgan fingerprint density at radius 1 is 1.27 bits per heavy atom. The van der Waals surface area contributed by atoms with Crippen LogP contribution in [0.1, 0.15) is 12.5 Å². The predicted octanol–water partition coefficient (Wildman–Crippen LogP) is 3.25. The van der Waals surface area contributed by atoms with Crippen molar-refractivity contribution in [2.24, 2.45) is 0 Å². The lowest BCUT2D eigenvalue weighted by Crippen LogP contribution is -2.39. The Hall–Kier alpha value is -0.810. The topological polar surface area (TPSA) is 20.2 Å². The van der Waals surface area contributed by atoms with E-state index < -0.39 is 23.2 Å². The van der Waals surface area contributed by atoms with Crippen LogP contribution in [0.25, 0.3) is 0 Å². The zero-order valence-electron chi connectivity index (χ0n) is 7.57. The van der Waals surface area contributed by atoms with Gasteiger partial charge in [-0.25, -0.2) is 4.39 Å². The van der Waals surface area contributed by atoms with Crippen LogP contribution < -0.4 is 0 Å². The van der Waals surface area contributed by atoms with Gasteiger partial charge in [0.15, 0.2) is 5.60 Å². The summed E-state index contributed by atoms with van der Waals surface area (Å²) < 4.78 is 49.9. The number of benzene rings is 1. The smallest absolute Gasteiger partial charge is 0.376 e. The summed E-state index contributed by atoms with van der Waals surface area (Å²) in [5.41, 5.74) is -3.67. The van der Waals surface area contributed by atoms with Crippen LogP contribution in [0.2, 0.25) is 5.02 Å². The maximum Gasteiger partial charge on any atom is 0.421 e. The van der Waals surface area contributed by atoms with Crippen LogP contribution in [0.4, 0.5) is 17.6 Å². The molecule has 1 rings (SSSR count). The van der Waals surface area contributed by atoms with Crippen LogP contribution in [-0.2, 0) is 5.60 Å². The molecule has 0 amide bonds. The van der Waals surface area contributed by atoms with Crippen molar-refractivity contribution in [2.75, 3.05) is 0 Å². The fraction of sp³-hybridized carbons (Fsp3) is 0.333. The molecule has 0 bridgehead atoms. The van der Waals surface area contributed by atoms with Gasteiger partial charge in [-0.2, -0.15) is 13.2 Å². The second-order valence-corrected chi connectivity index (χ2v) is 3.61. The lowest BCUT2D eigenvalue weighted by atomic mass is 9.95. The predicted molar refractivity (Wildman–Crippen MR) is 47.0 cm³/mol. The molecule has 0 aromatic heterocycles. The third kappa shape index (κ3) is 2.23. The molecule has 0 heterocycles. The van der Waals surface area contributed by atoms with Crippen LogP contribution in [0.5, 0.6) is 0 Å².